The SMILES string of the molecule is Cc1ccc(C(=O)Nc2ccc(-c3nc4ccccc4o3)cc2)cn1. The van der Waals surface area contributed by atoms with Crippen LogP contribution < -0.4 is 5.32 Å². The average Bonchev–Trinajstić information content (AvgIpc) is 3.07. The lowest BCUT2D eigenvalue weighted by atomic mass is 10.2. The second-order valence-electron chi connectivity index (χ2n) is 5.71. The number of pyridine rings is 1. The van der Waals surface area contributed by atoms with Crippen LogP contribution in [0.2, 0.25) is 0 Å². The van der Waals surface area contributed by atoms with Crippen molar-refractivity contribution in [1.29, 1.82) is 0 Å². The van der Waals surface area contributed by atoms with E-state index in [1.54, 1.807) is 12.3 Å². The third kappa shape index (κ3) is 3.12. The molecule has 2 aromatic carbocycles. The molecule has 0 fully saturated rings. The van der Waals surface area contributed by atoms with Gasteiger partial charge < -0.3 is 9.73 Å². The molecule has 4 rings (SSSR count). The van der Waals surface area contributed by atoms with Crippen LogP contribution in [0.3, 0.4) is 0 Å². The van der Waals surface area contributed by atoms with Gasteiger partial charge in [-0.1, -0.05) is 12.1 Å². The number of rotatable bonds is 3. The first-order chi connectivity index (χ1) is 12.2. The van der Waals surface area contributed by atoms with Gasteiger partial charge in [0.15, 0.2) is 5.58 Å². The molecule has 0 bridgehead atoms. The number of benzene rings is 2. The van der Waals surface area contributed by atoms with Crippen LogP contribution >= 0.6 is 0 Å². The van der Waals surface area contributed by atoms with Gasteiger partial charge in [-0.15, -0.1) is 0 Å². The maximum absolute atomic E-state index is 12.2. The van der Waals surface area contributed by atoms with E-state index < -0.39 is 0 Å². The molecule has 0 radical (unpaired) electrons. The zero-order valence-electron chi connectivity index (χ0n) is 13.6. The van der Waals surface area contributed by atoms with Gasteiger partial charge in [0, 0.05) is 23.1 Å². The molecule has 25 heavy (non-hydrogen) atoms. The predicted molar refractivity (Wildman–Crippen MR) is 96.4 cm³/mol. The minimum atomic E-state index is -0.192. The molecule has 0 aliphatic carbocycles. The number of oxazole rings is 1. The molecule has 122 valence electrons. The Bertz CT molecular complexity index is 1000. The van der Waals surface area contributed by atoms with Crippen molar-refractivity contribution < 1.29 is 9.21 Å². The van der Waals surface area contributed by atoms with Gasteiger partial charge >= 0.3 is 0 Å². The van der Waals surface area contributed by atoms with E-state index in [0.717, 1.165) is 22.4 Å². The van der Waals surface area contributed by atoms with Gasteiger partial charge in [0.25, 0.3) is 5.91 Å². The van der Waals surface area contributed by atoms with Crippen LogP contribution in [0.15, 0.2) is 71.3 Å². The zero-order chi connectivity index (χ0) is 17.2. The summed E-state index contributed by atoms with van der Waals surface area (Å²) in [7, 11) is 0. The summed E-state index contributed by atoms with van der Waals surface area (Å²) < 4.78 is 5.75. The van der Waals surface area contributed by atoms with E-state index >= 15 is 0 Å². The Morgan fingerprint density at radius 1 is 1.00 bits per heavy atom. The van der Waals surface area contributed by atoms with E-state index in [4.69, 9.17) is 4.42 Å². The lowest BCUT2D eigenvalue weighted by molar-refractivity contribution is 0.102. The molecule has 5 nitrogen and oxygen atoms in total. The lowest BCUT2D eigenvalue weighted by Crippen LogP contribution is -2.12. The summed E-state index contributed by atoms with van der Waals surface area (Å²) in [6.07, 6.45) is 1.57. The number of nitrogens with one attached hydrogen (secondary N) is 1. The van der Waals surface area contributed by atoms with Crippen molar-refractivity contribution in [2.45, 2.75) is 6.92 Å². The Balaban J connectivity index is 1.53. The third-order valence-corrected chi connectivity index (χ3v) is 3.86. The number of amides is 1. The second-order valence-corrected chi connectivity index (χ2v) is 5.71. The van der Waals surface area contributed by atoms with E-state index in [-0.39, 0.29) is 5.91 Å². The van der Waals surface area contributed by atoms with Gasteiger partial charge in [0.1, 0.15) is 5.52 Å². The Morgan fingerprint density at radius 3 is 2.52 bits per heavy atom. The molecule has 2 heterocycles. The summed E-state index contributed by atoms with van der Waals surface area (Å²) in [5.41, 5.74) is 4.52. The molecule has 0 spiro atoms. The van der Waals surface area contributed by atoms with Crippen molar-refractivity contribution in [3.05, 3.63) is 78.1 Å². The molecule has 5 heteroatoms. The quantitative estimate of drug-likeness (QED) is 0.603. The molecular formula is C20H15N3O2. The monoisotopic (exact) mass is 329 g/mol. The minimum Gasteiger partial charge on any atom is -0.436 e. The van der Waals surface area contributed by atoms with Gasteiger partial charge in [-0.25, -0.2) is 4.98 Å². The molecule has 0 unspecified atom stereocenters. The molecule has 0 aliphatic heterocycles. The average molecular weight is 329 g/mol. The highest BCUT2D eigenvalue weighted by atomic mass is 16.3. The van der Waals surface area contributed by atoms with E-state index in [1.807, 2.05) is 61.5 Å². The van der Waals surface area contributed by atoms with E-state index in [1.165, 1.54) is 0 Å². The number of fused-ring (bicyclic) bond motifs is 1. The van der Waals surface area contributed by atoms with E-state index in [9.17, 15) is 4.79 Å². The molecule has 0 aliphatic rings. The lowest BCUT2D eigenvalue weighted by Gasteiger charge is -2.05. The number of hydrogen-bond donors (Lipinski definition) is 1. The molecule has 0 atom stereocenters. The van der Waals surface area contributed by atoms with Gasteiger partial charge in [-0.3, -0.25) is 9.78 Å². The molecular weight excluding hydrogens is 314 g/mol. The fourth-order valence-corrected chi connectivity index (χ4v) is 2.50. The maximum Gasteiger partial charge on any atom is 0.257 e. The Kier molecular flexibility index (Phi) is 3.74. The van der Waals surface area contributed by atoms with Crippen LogP contribution in [0.1, 0.15) is 16.1 Å². The molecule has 1 N–H and O–H groups in total. The largest absolute Gasteiger partial charge is 0.436 e. The van der Waals surface area contributed by atoms with Crippen molar-refractivity contribution in [2.24, 2.45) is 0 Å². The summed E-state index contributed by atoms with van der Waals surface area (Å²) in [5.74, 6) is 0.365. The Labute approximate surface area is 144 Å². The topological polar surface area (TPSA) is 68.0 Å². The fraction of sp³-hybridized carbons (Fsp3) is 0.0500. The summed E-state index contributed by atoms with van der Waals surface area (Å²) in [4.78, 5) is 20.8. The highest BCUT2D eigenvalue weighted by Gasteiger charge is 2.09. The van der Waals surface area contributed by atoms with Crippen LogP contribution in [0.4, 0.5) is 5.69 Å². The predicted octanol–water partition coefficient (Wildman–Crippen LogP) is 4.45. The molecule has 4 aromatic rings. The highest BCUT2D eigenvalue weighted by Crippen LogP contribution is 2.25. The van der Waals surface area contributed by atoms with Gasteiger partial charge in [-0.05, 0) is 55.5 Å². The van der Waals surface area contributed by atoms with Crippen molar-refractivity contribution in [3.8, 4) is 11.5 Å². The van der Waals surface area contributed by atoms with Crippen LogP contribution in [0.25, 0.3) is 22.6 Å². The normalized spacial score (nSPS) is 10.8. The number of aromatic nitrogens is 2. The molecule has 2 aromatic heterocycles. The highest BCUT2D eigenvalue weighted by molar-refractivity contribution is 6.04. The first-order valence-electron chi connectivity index (χ1n) is 7.89. The molecule has 0 saturated carbocycles. The van der Waals surface area contributed by atoms with Crippen molar-refractivity contribution >= 4 is 22.7 Å². The Morgan fingerprint density at radius 2 is 1.80 bits per heavy atom. The minimum absolute atomic E-state index is 0.192. The summed E-state index contributed by atoms with van der Waals surface area (Å²) in [6, 6.07) is 18.6. The van der Waals surface area contributed by atoms with Crippen LogP contribution in [0.5, 0.6) is 0 Å². The number of aryl methyl sites for hydroxylation is 1. The number of nitrogens with zero attached hydrogens (tertiary/aromatic N) is 2. The summed E-state index contributed by atoms with van der Waals surface area (Å²) in [6.45, 7) is 1.88. The van der Waals surface area contributed by atoms with E-state index in [2.05, 4.69) is 15.3 Å². The fourth-order valence-electron chi connectivity index (χ4n) is 2.50. The standard InChI is InChI=1S/C20H15N3O2/c1-13-6-7-15(12-21-13)19(24)22-16-10-8-14(9-11-16)20-23-17-4-2-3-5-18(17)25-20/h2-12H,1H3,(H,22,24). The van der Waals surface area contributed by atoms with Crippen molar-refractivity contribution in [1.82, 2.24) is 9.97 Å². The van der Waals surface area contributed by atoms with Gasteiger partial charge in [-0.2, -0.15) is 0 Å². The smallest absolute Gasteiger partial charge is 0.257 e. The number of anilines is 1. The van der Waals surface area contributed by atoms with Crippen LogP contribution in [-0.2, 0) is 0 Å². The maximum atomic E-state index is 12.2. The number of carbonyl (C=O) groups excluding carboxylic acids is 1. The second kappa shape index (κ2) is 6.20. The van der Waals surface area contributed by atoms with Crippen molar-refractivity contribution in [2.75, 3.05) is 5.32 Å². The summed E-state index contributed by atoms with van der Waals surface area (Å²) in [5, 5.41) is 2.85. The van der Waals surface area contributed by atoms with Gasteiger partial charge in [0.2, 0.25) is 5.89 Å². The number of hydrogen-bond acceptors (Lipinski definition) is 4. The van der Waals surface area contributed by atoms with E-state index in [0.29, 0.717) is 17.1 Å². The molecule has 1 amide bonds. The van der Waals surface area contributed by atoms with Crippen molar-refractivity contribution in [3.63, 3.8) is 0 Å². The molecule has 0 saturated heterocycles. The van der Waals surface area contributed by atoms with Crippen LogP contribution in [-0.4, -0.2) is 15.9 Å². The number of para-hydroxylation sites is 2. The third-order valence-electron chi connectivity index (χ3n) is 3.86. The van der Waals surface area contributed by atoms with Gasteiger partial charge in [0.05, 0.1) is 5.56 Å². The summed E-state index contributed by atoms with van der Waals surface area (Å²) >= 11 is 0. The van der Waals surface area contributed by atoms with Crippen LogP contribution in [0, 0.1) is 6.92 Å². The first kappa shape index (κ1) is 15.1. The number of carbonyl (C=O) groups is 1. The first-order valence-corrected chi connectivity index (χ1v) is 7.89. The zero-order valence-corrected chi connectivity index (χ0v) is 13.6. The Hall–Kier alpha value is -3.47.